The highest BCUT2D eigenvalue weighted by Gasteiger charge is 2.38. The fraction of sp³-hybridized carbons (Fsp3) is 0.550. The van der Waals surface area contributed by atoms with E-state index >= 15 is 0 Å². The molecule has 0 aromatic carbocycles. The minimum absolute atomic E-state index is 0.0415. The van der Waals surface area contributed by atoms with E-state index in [1.807, 2.05) is 0 Å². The zero-order chi connectivity index (χ0) is 24.3. The highest BCUT2D eigenvalue weighted by molar-refractivity contribution is 7.89. The first-order valence-corrected chi connectivity index (χ1v) is 13.1. The van der Waals surface area contributed by atoms with Crippen LogP contribution in [-0.4, -0.2) is 71.9 Å². The number of anilines is 1. The van der Waals surface area contributed by atoms with Gasteiger partial charge >= 0.3 is 0 Å². The maximum atomic E-state index is 13.4. The summed E-state index contributed by atoms with van der Waals surface area (Å²) in [5, 5.41) is 10.7. The smallest absolute Gasteiger partial charge is 0.291 e. The number of piperazine rings is 1. The lowest BCUT2D eigenvalue weighted by Crippen LogP contribution is -2.59. The molecule has 2 N–H and O–H groups in total. The Bertz CT molecular complexity index is 1310. The monoisotopic (exact) mass is 513 g/mol. The quantitative estimate of drug-likeness (QED) is 0.515. The van der Waals surface area contributed by atoms with Crippen LogP contribution in [0.2, 0.25) is 0 Å². The number of fused-ring (bicyclic) bond motifs is 1. The predicted molar refractivity (Wildman–Crippen MR) is 123 cm³/mol. The van der Waals surface area contributed by atoms with Crippen molar-refractivity contribution >= 4 is 32.7 Å². The number of alkyl halides is 2. The van der Waals surface area contributed by atoms with Gasteiger partial charge in [0.05, 0.1) is 30.6 Å². The molecule has 2 aliphatic heterocycles. The fourth-order valence-corrected chi connectivity index (χ4v) is 6.48. The number of nitrogens with one attached hydrogen (secondary N) is 2. The Balaban J connectivity index is 1.65. The minimum atomic E-state index is -3.92. The lowest BCUT2D eigenvalue weighted by atomic mass is 10.0. The van der Waals surface area contributed by atoms with Gasteiger partial charge in [-0.1, -0.05) is 11.3 Å². The molecule has 0 radical (unpaired) electrons. The second kappa shape index (κ2) is 8.45. The topological polar surface area (TPSA) is 114 Å². The molecule has 2 fully saturated rings. The Kier molecular flexibility index (Phi) is 5.83. The molecule has 184 valence electrons. The molecule has 2 aliphatic rings. The van der Waals surface area contributed by atoms with Gasteiger partial charge in [-0.3, -0.25) is 4.40 Å². The second-order valence-electron chi connectivity index (χ2n) is 9.18. The van der Waals surface area contributed by atoms with Crippen molar-refractivity contribution in [1.82, 2.24) is 29.6 Å². The average molecular weight is 514 g/mol. The van der Waals surface area contributed by atoms with Crippen LogP contribution in [0.3, 0.4) is 0 Å². The molecule has 5 rings (SSSR count). The number of nitrogens with zero attached hydrogens (tertiary/aromatic N) is 5. The highest BCUT2D eigenvalue weighted by Crippen LogP contribution is 2.34. The van der Waals surface area contributed by atoms with Crippen LogP contribution in [0, 0.1) is 0 Å². The third-order valence-corrected chi connectivity index (χ3v) is 8.40. The molecule has 0 spiro atoms. The van der Waals surface area contributed by atoms with Crippen molar-refractivity contribution in [2.45, 2.75) is 49.7 Å². The number of hydrogen-bond acceptors (Lipinski definition) is 9. The Labute approximate surface area is 199 Å². The molecule has 2 atom stereocenters. The molecule has 2 saturated heterocycles. The number of sulfonamides is 1. The van der Waals surface area contributed by atoms with Gasteiger partial charge in [0, 0.05) is 31.4 Å². The lowest BCUT2D eigenvalue weighted by molar-refractivity contribution is -0.0523. The van der Waals surface area contributed by atoms with E-state index in [1.165, 1.54) is 12.4 Å². The van der Waals surface area contributed by atoms with Gasteiger partial charge in [-0.15, -0.1) is 10.2 Å². The summed E-state index contributed by atoms with van der Waals surface area (Å²) in [4.78, 5) is 6.65. The molecular weight excluding hydrogens is 488 g/mol. The molecular formula is C20H25F2N7O3S2. The molecule has 5 heterocycles. The standard InChI is InChI=1S/C20H25F2N7O3S2/c1-11-6-28(7-12(2)24-11)14-4-13(34(30,31)27-20(3)9-32-10-20)8-29-15(5-23-17(14)29)18-25-26-19(33-18)16(21)22/h4-5,8,11-12,16,24,27H,6-7,9-10H2,1-3H3/t11-,12-/m0/s1. The van der Waals surface area contributed by atoms with E-state index in [0.717, 1.165) is 11.3 Å². The molecule has 0 aliphatic carbocycles. The van der Waals surface area contributed by atoms with Crippen LogP contribution in [0.5, 0.6) is 0 Å². The van der Waals surface area contributed by atoms with E-state index < -0.39 is 27.0 Å². The summed E-state index contributed by atoms with van der Waals surface area (Å²) in [7, 11) is -3.92. The Morgan fingerprint density at radius 2 is 1.97 bits per heavy atom. The third-order valence-electron chi connectivity index (χ3n) is 5.84. The number of rotatable bonds is 6. The second-order valence-corrected chi connectivity index (χ2v) is 11.9. The molecule has 14 heteroatoms. The number of pyridine rings is 1. The number of imidazole rings is 1. The summed E-state index contributed by atoms with van der Waals surface area (Å²) >= 11 is 0.754. The maximum absolute atomic E-state index is 13.4. The van der Waals surface area contributed by atoms with Crippen LogP contribution in [0.25, 0.3) is 16.3 Å². The van der Waals surface area contributed by atoms with Gasteiger partial charge in [0.2, 0.25) is 10.0 Å². The first-order chi connectivity index (χ1) is 16.0. The maximum Gasteiger partial charge on any atom is 0.291 e. The summed E-state index contributed by atoms with van der Waals surface area (Å²) < 4.78 is 62.4. The van der Waals surface area contributed by atoms with E-state index in [-0.39, 0.29) is 35.2 Å². The van der Waals surface area contributed by atoms with E-state index in [2.05, 4.69) is 44.0 Å². The van der Waals surface area contributed by atoms with Crippen LogP contribution in [-0.2, 0) is 14.8 Å². The molecule has 10 nitrogen and oxygen atoms in total. The molecule has 3 aromatic heterocycles. The Hall–Kier alpha value is -2.26. The molecule has 3 aromatic rings. The highest BCUT2D eigenvalue weighted by atomic mass is 32.2. The van der Waals surface area contributed by atoms with Gasteiger partial charge in [0.25, 0.3) is 6.43 Å². The van der Waals surface area contributed by atoms with E-state index in [1.54, 1.807) is 17.4 Å². The van der Waals surface area contributed by atoms with Crippen LogP contribution in [0.15, 0.2) is 23.4 Å². The van der Waals surface area contributed by atoms with Crippen molar-refractivity contribution in [3.8, 4) is 10.7 Å². The van der Waals surface area contributed by atoms with Crippen molar-refractivity contribution < 1.29 is 21.9 Å². The lowest BCUT2D eigenvalue weighted by Gasteiger charge is -2.39. The van der Waals surface area contributed by atoms with Crippen molar-refractivity contribution in [2.24, 2.45) is 0 Å². The zero-order valence-electron chi connectivity index (χ0n) is 18.8. The van der Waals surface area contributed by atoms with Gasteiger partial charge in [0.15, 0.2) is 15.7 Å². The van der Waals surface area contributed by atoms with Crippen molar-refractivity contribution in [3.63, 3.8) is 0 Å². The third kappa shape index (κ3) is 4.28. The summed E-state index contributed by atoms with van der Waals surface area (Å²) in [5.74, 6) is 0. The number of halogens is 2. The van der Waals surface area contributed by atoms with Crippen LogP contribution < -0.4 is 14.9 Å². The summed E-state index contributed by atoms with van der Waals surface area (Å²) in [6.07, 6.45) is 0.217. The van der Waals surface area contributed by atoms with Crippen LogP contribution >= 0.6 is 11.3 Å². The number of aromatic nitrogens is 4. The van der Waals surface area contributed by atoms with Gasteiger partial charge in [-0.05, 0) is 26.8 Å². The number of hydrogen-bond donors (Lipinski definition) is 2. The summed E-state index contributed by atoms with van der Waals surface area (Å²) in [6, 6.07) is 1.98. The van der Waals surface area contributed by atoms with E-state index in [0.29, 0.717) is 30.1 Å². The van der Waals surface area contributed by atoms with Crippen molar-refractivity contribution in [1.29, 1.82) is 0 Å². The van der Waals surface area contributed by atoms with Crippen molar-refractivity contribution in [3.05, 3.63) is 23.5 Å². The van der Waals surface area contributed by atoms with Gasteiger partial charge in [-0.2, -0.15) is 0 Å². The molecule has 34 heavy (non-hydrogen) atoms. The minimum Gasteiger partial charge on any atom is -0.377 e. The van der Waals surface area contributed by atoms with Crippen LogP contribution in [0.1, 0.15) is 32.2 Å². The van der Waals surface area contributed by atoms with Gasteiger partial charge in [0.1, 0.15) is 10.6 Å². The molecule has 0 amide bonds. The largest absolute Gasteiger partial charge is 0.377 e. The van der Waals surface area contributed by atoms with E-state index in [4.69, 9.17) is 4.74 Å². The summed E-state index contributed by atoms with van der Waals surface area (Å²) in [5.41, 5.74) is 0.868. The van der Waals surface area contributed by atoms with Gasteiger partial charge < -0.3 is 15.0 Å². The number of ether oxygens (including phenoxy) is 1. The first kappa shape index (κ1) is 23.5. The zero-order valence-corrected chi connectivity index (χ0v) is 20.5. The Morgan fingerprint density at radius 3 is 2.56 bits per heavy atom. The Morgan fingerprint density at radius 1 is 1.26 bits per heavy atom. The SMILES string of the molecule is C[C@H]1CN(c2cc(S(=O)(=O)NC3(C)COC3)cn3c(-c4nnc(C(F)F)s4)cnc23)C[C@H](C)N1. The first-order valence-electron chi connectivity index (χ1n) is 10.8. The van der Waals surface area contributed by atoms with Gasteiger partial charge in [-0.25, -0.2) is 26.9 Å². The van der Waals surface area contributed by atoms with Crippen LogP contribution in [0.4, 0.5) is 14.5 Å². The molecule has 0 unspecified atom stereocenters. The predicted octanol–water partition coefficient (Wildman–Crippen LogP) is 2.04. The normalized spacial score (nSPS) is 22.9. The van der Waals surface area contributed by atoms with E-state index in [9.17, 15) is 17.2 Å². The molecule has 0 saturated carbocycles. The van der Waals surface area contributed by atoms with Crippen molar-refractivity contribution in [2.75, 3.05) is 31.2 Å². The fourth-order valence-electron chi connectivity index (χ4n) is 4.38. The summed E-state index contributed by atoms with van der Waals surface area (Å²) in [6.45, 7) is 7.77. The average Bonchev–Trinajstić information content (AvgIpc) is 3.38. The molecule has 0 bridgehead atoms.